The highest BCUT2D eigenvalue weighted by atomic mass is 16.3. The van der Waals surface area contributed by atoms with Gasteiger partial charge in [0.05, 0.1) is 5.69 Å². The Morgan fingerprint density at radius 1 is 1.43 bits per heavy atom. The van der Waals surface area contributed by atoms with Gasteiger partial charge in [0, 0.05) is 13.5 Å². The summed E-state index contributed by atoms with van der Waals surface area (Å²) in [5, 5.41) is 8.13. The van der Waals surface area contributed by atoms with Crippen molar-refractivity contribution in [3.63, 3.8) is 0 Å². The summed E-state index contributed by atoms with van der Waals surface area (Å²) >= 11 is 0. The number of hydrogen-bond donors (Lipinski definition) is 0. The molecule has 0 radical (unpaired) electrons. The van der Waals surface area contributed by atoms with Crippen LogP contribution in [0.25, 0.3) is 11.6 Å². The second kappa shape index (κ2) is 3.25. The van der Waals surface area contributed by atoms with Crippen LogP contribution in [0.2, 0.25) is 0 Å². The summed E-state index contributed by atoms with van der Waals surface area (Å²) in [4.78, 5) is 4.02. The molecule has 0 N–H and O–H groups in total. The van der Waals surface area contributed by atoms with Gasteiger partial charge in [-0.2, -0.15) is 0 Å². The Bertz CT molecular complexity index is 443. The van der Waals surface area contributed by atoms with E-state index in [-0.39, 0.29) is 0 Å². The molecule has 0 aliphatic carbocycles. The lowest BCUT2D eigenvalue weighted by atomic mass is 10.3. The van der Waals surface area contributed by atoms with E-state index >= 15 is 0 Å². The van der Waals surface area contributed by atoms with E-state index in [1.807, 2.05) is 25.5 Å². The largest absolute Gasteiger partial charge is 0.440 e. The van der Waals surface area contributed by atoms with Crippen molar-refractivity contribution in [2.24, 2.45) is 7.05 Å². The quantitative estimate of drug-likeness (QED) is 0.720. The van der Waals surface area contributed by atoms with E-state index in [4.69, 9.17) is 4.42 Å². The predicted octanol–water partition coefficient (Wildman–Crippen LogP) is 1.34. The second-order valence-corrected chi connectivity index (χ2v) is 3.12. The van der Waals surface area contributed by atoms with Crippen molar-refractivity contribution < 1.29 is 4.42 Å². The number of nitrogens with zero attached hydrogens (tertiary/aromatic N) is 4. The smallest absolute Gasteiger partial charge is 0.201 e. The fraction of sp³-hybridized carbons (Fsp3) is 0.444. The molecule has 0 aromatic carbocycles. The first-order chi connectivity index (χ1) is 6.74. The van der Waals surface area contributed by atoms with E-state index in [1.165, 1.54) is 6.39 Å². The van der Waals surface area contributed by atoms with Crippen molar-refractivity contribution in [2.75, 3.05) is 0 Å². The fourth-order valence-corrected chi connectivity index (χ4v) is 1.38. The summed E-state index contributed by atoms with van der Waals surface area (Å²) in [5.74, 6) is 2.37. The lowest BCUT2D eigenvalue weighted by Crippen LogP contribution is -1.98. The van der Waals surface area contributed by atoms with E-state index in [9.17, 15) is 0 Å². The Morgan fingerprint density at radius 3 is 2.71 bits per heavy atom. The number of oxazole rings is 1. The Hall–Kier alpha value is -1.65. The van der Waals surface area contributed by atoms with Crippen LogP contribution in [0.3, 0.4) is 0 Å². The van der Waals surface area contributed by atoms with Gasteiger partial charge in [0.25, 0.3) is 0 Å². The molecule has 5 nitrogen and oxygen atoms in total. The van der Waals surface area contributed by atoms with Crippen LogP contribution in [0, 0.1) is 6.92 Å². The van der Waals surface area contributed by atoms with Crippen molar-refractivity contribution in [3.8, 4) is 11.6 Å². The number of rotatable bonds is 2. The second-order valence-electron chi connectivity index (χ2n) is 3.12. The molecule has 0 atom stereocenters. The predicted molar refractivity (Wildman–Crippen MR) is 50.6 cm³/mol. The molecule has 2 rings (SSSR count). The van der Waals surface area contributed by atoms with E-state index in [0.29, 0.717) is 5.76 Å². The third kappa shape index (κ3) is 1.21. The lowest BCUT2D eigenvalue weighted by molar-refractivity contribution is 0.563. The van der Waals surface area contributed by atoms with E-state index < -0.39 is 0 Å². The topological polar surface area (TPSA) is 56.7 Å². The summed E-state index contributed by atoms with van der Waals surface area (Å²) in [6.07, 6.45) is 2.28. The van der Waals surface area contributed by atoms with Crippen LogP contribution in [0.4, 0.5) is 0 Å². The van der Waals surface area contributed by atoms with E-state index in [2.05, 4.69) is 15.2 Å². The Kier molecular flexibility index (Phi) is 2.07. The molecule has 5 heteroatoms. The van der Waals surface area contributed by atoms with Crippen LogP contribution < -0.4 is 0 Å². The summed E-state index contributed by atoms with van der Waals surface area (Å²) < 4.78 is 7.18. The Balaban J connectivity index is 2.52. The molecule has 0 spiro atoms. The molecule has 0 fully saturated rings. The molecule has 2 aromatic heterocycles. The molecule has 2 aromatic rings. The van der Waals surface area contributed by atoms with Crippen LogP contribution in [-0.2, 0) is 13.5 Å². The van der Waals surface area contributed by atoms with Gasteiger partial charge in [0.1, 0.15) is 5.82 Å². The minimum absolute atomic E-state index is 0.694. The molecule has 14 heavy (non-hydrogen) atoms. The summed E-state index contributed by atoms with van der Waals surface area (Å²) in [5.41, 5.74) is 0.836. The highest BCUT2D eigenvalue weighted by Gasteiger charge is 2.14. The van der Waals surface area contributed by atoms with Gasteiger partial charge >= 0.3 is 0 Å². The van der Waals surface area contributed by atoms with Gasteiger partial charge in [-0.25, -0.2) is 4.98 Å². The van der Waals surface area contributed by atoms with E-state index in [0.717, 1.165) is 23.8 Å². The maximum absolute atomic E-state index is 5.25. The fourth-order valence-electron chi connectivity index (χ4n) is 1.38. The van der Waals surface area contributed by atoms with Gasteiger partial charge < -0.3 is 8.98 Å². The third-order valence-corrected chi connectivity index (χ3v) is 2.23. The molecular formula is C9H12N4O. The summed E-state index contributed by atoms with van der Waals surface area (Å²) in [6, 6.07) is 0. The zero-order chi connectivity index (χ0) is 10.1. The first kappa shape index (κ1) is 8.93. The molecule has 74 valence electrons. The van der Waals surface area contributed by atoms with Crippen LogP contribution in [-0.4, -0.2) is 19.7 Å². The molecule has 0 bridgehead atoms. The van der Waals surface area contributed by atoms with Gasteiger partial charge in [-0.05, 0) is 6.92 Å². The Labute approximate surface area is 81.8 Å². The average Bonchev–Trinajstić information content (AvgIpc) is 2.72. The average molecular weight is 192 g/mol. The SMILES string of the molecule is CCc1nnc(-c2ocnc2C)n1C. The number of aromatic nitrogens is 4. The standard InChI is InChI=1S/C9H12N4O/c1-4-7-11-12-9(13(7)3)8-6(2)10-5-14-8/h5H,4H2,1-3H3. The molecule has 0 saturated carbocycles. The van der Waals surface area contributed by atoms with E-state index in [1.54, 1.807) is 0 Å². The highest BCUT2D eigenvalue weighted by molar-refractivity contribution is 5.49. The van der Waals surface area contributed by atoms with Crippen LogP contribution in [0.1, 0.15) is 18.4 Å². The monoisotopic (exact) mass is 192 g/mol. The van der Waals surface area contributed by atoms with Crippen molar-refractivity contribution >= 4 is 0 Å². The first-order valence-electron chi connectivity index (χ1n) is 4.52. The van der Waals surface area contributed by atoms with Gasteiger partial charge in [0.2, 0.25) is 5.82 Å². The molecule has 0 amide bonds. The van der Waals surface area contributed by atoms with Crippen molar-refractivity contribution in [3.05, 3.63) is 17.9 Å². The summed E-state index contributed by atoms with van der Waals surface area (Å²) in [7, 11) is 1.93. The maximum atomic E-state index is 5.25. The third-order valence-electron chi connectivity index (χ3n) is 2.23. The van der Waals surface area contributed by atoms with Crippen molar-refractivity contribution in [1.82, 2.24) is 19.7 Å². The zero-order valence-corrected chi connectivity index (χ0v) is 8.48. The summed E-state index contributed by atoms with van der Waals surface area (Å²) in [6.45, 7) is 3.93. The van der Waals surface area contributed by atoms with Gasteiger partial charge in [-0.1, -0.05) is 6.92 Å². The normalized spacial score (nSPS) is 10.8. The highest BCUT2D eigenvalue weighted by Crippen LogP contribution is 2.20. The van der Waals surface area contributed by atoms with Crippen molar-refractivity contribution in [2.45, 2.75) is 20.3 Å². The molecular weight excluding hydrogens is 180 g/mol. The Morgan fingerprint density at radius 2 is 2.21 bits per heavy atom. The van der Waals surface area contributed by atoms with Crippen LogP contribution in [0.5, 0.6) is 0 Å². The molecule has 0 unspecified atom stereocenters. The van der Waals surface area contributed by atoms with Gasteiger partial charge in [0.15, 0.2) is 12.2 Å². The van der Waals surface area contributed by atoms with Crippen molar-refractivity contribution in [1.29, 1.82) is 0 Å². The van der Waals surface area contributed by atoms with Gasteiger partial charge in [-0.15, -0.1) is 10.2 Å². The molecule has 0 aliphatic heterocycles. The minimum atomic E-state index is 0.694. The number of aryl methyl sites for hydroxylation is 2. The molecule has 2 heterocycles. The minimum Gasteiger partial charge on any atom is -0.440 e. The first-order valence-corrected chi connectivity index (χ1v) is 4.52. The molecule has 0 aliphatic rings. The van der Waals surface area contributed by atoms with Gasteiger partial charge in [-0.3, -0.25) is 0 Å². The lowest BCUT2D eigenvalue weighted by Gasteiger charge is -1.99. The van der Waals surface area contributed by atoms with Crippen LogP contribution >= 0.6 is 0 Å². The zero-order valence-electron chi connectivity index (χ0n) is 8.48. The molecule has 0 saturated heterocycles. The number of hydrogen-bond acceptors (Lipinski definition) is 4. The maximum Gasteiger partial charge on any atom is 0.201 e. The van der Waals surface area contributed by atoms with Crippen LogP contribution in [0.15, 0.2) is 10.8 Å².